The third-order valence-electron chi connectivity index (χ3n) is 3.23. The van der Waals surface area contributed by atoms with Crippen LogP contribution >= 0.6 is 0 Å². The van der Waals surface area contributed by atoms with Gasteiger partial charge in [-0.25, -0.2) is 0 Å². The second-order valence-corrected chi connectivity index (χ2v) is 4.98. The van der Waals surface area contributed by atoms with Crippen LogP contribution in [0.4, 0.5) is 0 Å². The van der Waals surface area contributed by atoms with Crippen LogP contribution in [0, 0.1) is 19.8 Å². The maximum Gasteiger partial charge on any atom is 0.133 e. The first-order valence-corrected chi connectivity index (χ1v) is 6.09. The fourth-order valence-corrected chi connectivity index (χ4v) is 2.61. The summed E-state index contributed by atoms with van der Waals surface area (Å²) in [6.45, 7) is 4.13. The van der Waals surface area contributed by atoms with E-state index in [4.69, 9.17) is 0 Å². The average molecular weight is 217 g/mol. The Morgan fingerprint density at radius 1 is 1.38 bits per heavy atom. The van der Waals surface area contributed by atoms with Gasteiger partial charge < -0.3 is 0 Å². The molecule has 0 aliphatic heterocycles. The molecule has 2 rings (SSSR count). The molecule has 0 saturated heterocycles. The Balaban J connectivity index is 2.05. The molecule has 16 heavy (non-hydrogen) atoms. The molecule has 1 aromatic heterocycles. The molecule has 1 atom stereocenters. The monoisotopic (exact) mass is 217 g/mol. The van der Waals surface area contributed by atoms with Crippen molar-refractivity contribution in [2.45, 2.75) is 46.0 Å². The third kappa shape index (κ3) is 2.91. The molecule has 1 aliphatic rings. The molecule has 1 unspecified atom stereocenters. The topological polar surface area (TPSA) is 30.0 Å². The molecular formula is C14H19NO. The van der Waals surface area contributed by atoms with Gasteiger partial charge in [-0.15, -0.1) is 0 Å². The first kappa shape index (κ1) is 11.3. The molecule has 1 aromatic rings. The van der Waals surface area contributed by atoms with E-state index in [-0.39, 0.29) is 0 Å². The number of rotatable bonds is 2. The normalized spacial score (nSPS) is 21.1. The Morgan fingerprint density at radius 2 is 2.19 bits per heavy atom. The van der Waals surface area contributed by atoms with Crippen molar-refractivity contribution in [2.75, 3.05) is 0 Å². The fraction of sp³-hybridized carbons (Fsp3) is 0.571. The number of Topliss-reactive ketones (excluding diaryl/α,β-unsaturated/α-hetero) is 1. The summed E-state index contributed by atoms with van der Waals surface area (Å²) in [5, 5.41) is 0. The second-order valence-electron chi connectivity index (χ2n) is 4.98. The van der Waals surface area contributed by atoms with Crippen molar-refractivity contribution < 1.29 is 4.79 Å². The van der Waals surface area contributed by atoms with Crippen LogP contribution in [0.3, 0.4) is 0 Å². The summed E-state index contributed by atoms with van der Waals surface area (Å²) in [7, 11) is 0. The van der Waals surface area contributed by atoms with E-state index in [1.807, 2.05) is 6.92 Å². The van der Waals surface area contributed by atoms with Crippen molar-refractivity contribution in [3.05, 3.63) is 29.1 Å². The average Bonchev–Trinajstić information content (AvgIpc) is 2.15. The SMILES string of the molecule is Cc1cc(C)nc(CC2CCCC(=O)C2)c1. The molecule has 0 amide bonds. The van der Waals surface area contributed by atoms with Crippen LogP contribution in [0.5, 0.6) is 0 Å². The second kappa shape index (κ2) is 4.77. The van der Waals surface area contributed by atoms with Gasteiger partial charge in [-0.05, 0) is 56.7 Å². The van der Waals surface area contributed by atoms with E-state index in [9.17, 15) is 4.79 Å². The largest absolute Gasteiger partial charge is 0.300 e. The van der Waals surface area contributed by atoms with Gasteiger partial charge in [-0.3, -0.25) is 9.78 Å². The number of ketones is 1. The van der Waals surface area contributed by atoms with Gasteiger partial charge in [0.1, 0.15) is 5.78 Å². The van der Waals surface area contributed by atoms with Crippen LogP contribution in [0.25, 0.3) is 0 Å². The molecule has 2 nitrogen and oxygen atoms in total. The van der Waals surface area contributed by atoms with Gasteiger partial charge in [0, 0.05) is 24.2 Å². The van der Waals surface area contributed by atoms with Gasteiger partial charge in [0.15, 0.2) is 0 Å². The number of nitrogens with zero attached hydrogens (tertiary/aromatic N) is 1. The summed E-state index contributed by atoms with van der Waals surface area (Å²) >= 11 is 0. The smallest absolute Gasteiger partial charge is 0.133 e. The number of pyridine rings is 1. The predicted octanol–water partition coefficient (Wildman–Crippen LogP) is 3.00. The van der Waals surface area contributed by atoms with Gasteiger partial charge in [0.05, 0.1) is 0 Å². The maximum absolute atomic E-state index is 11.4. The van der Waals surface area contributed by atoms with Gasteiger partial charge in [-0.2, -0.15) is 0 Å². The van der Waals surface area contributed by atoms with Crippen LogP contribution < -0.4 is 0 Å². The zero-order chi connectivity index (χ0) is 11.5. The highest BCUT2D eigenvalue weighted by atomic mass is 16.1. The lowest BCUT2D eigenvalue weighted by Crippen LogP contribution is -2.17. The number of carbonyl (C=O) groups is 1. The van der Waals surface area contributed by atoms with Crippen molar-refractivity contribution >= 4 is 5.78 Å². The minimum atomic E-state index is 0.431. The summed E-state index contributed by atoms with van der Waals surface area (Å²) in [5.41, 5.74) is 3.50. The van der Waals surface area contributed by atoms with Crippen LogP contribution in [0.15, 0.2) is 12.1 Å². The number of aryl methyl sites for hydroxylation is 2. The lowest BCUT2D eigenvalue weighted by Gasteiger charge is -2.20. The standard InChI is InChI=1S/C14H19NO/c1-10-6-11(2)15-13(7-10)8-12-4-3-5-14(16)9-12/h6-7,12H,3-5,8-9H2,1-2H3. The number of hydrogen-bond acceptors (Lipinski definition) is 2. The van der Waals surface area contributed by atoms with E-state index in [2.05, 4.69) is 24.0 Å². The van der Waals surface area contributed by atoms with E-state index in [0.29, 0.717) is 11.7 Å². The Morgan fingerprint density at radius 3 is 2.88 bits per heavy atom. The molecule has 1 heterocycles. The minimum absolute atomic E-state index is 0.431. The molecule has 0 spiro atoms. The molecule has 2 heteroatoms. The summed E-state index contributed by atoms with van der Waals surface area (Å²) in [4.78, 5) is 15.9. The Kier molecular flexibility index (Phi) is 3.37. The third-order valence-corrected chi connectivity index (χ3v) is 3.23. The van der Waals surface area contributed by atoms with Crippen molar-refractivity contribution in [1.29, 1.82) is 0 Å². The quantitative estimate of drug-likeness (QED) is 0.762. The number of aromatic nitrogens is 1. The Hall–Kier alpha value is -1.18. The van der Waals surface area contributed by atoms with E-state index >= 15 is 0 Å². The Labute approximate surface area is 97.1 Å². The summed E-state index contributed by atoms with van der Waals surface area (Å²) < 4.78 is 0. The molecule has 0 bridgehead atoms. The highest BCUT2D eigenvalue weighted by Crippen LogP contribution is 2.24. The zero-order valence-corrected chi connectivity index (χ0v) is 10.1. The lowest BCUT2D eigenvalue weighted by molar-refractivity contribution is -0.121. The van der Waals surface area contributed by atoms with Gasteiger partial charge in [0.25, 0.3) is 0 Å². The predicted molar refractivity (Wildman–Crippen MR) is 64.4 cm³/mol. The summed E-state index contributed by atoms with van der Waals surface area (Å²) in [6.07, 6.45) is 4.76. The van der Waals surface area contributed by atoms with E-state index in [1.165, 1.54) is 12.0 Å². The van der Waals surface area contributed by atoms with Gasteiger partial charge >= 0.3 is 0 Å². The van der Waals surface area contributed by atoms with Crippen LogP contribution in [-0.2, 0) is 11.2 Å². The number of carbonyl (C=O) groups excluding carboxylic acids is 1. The lowest BCUT2D eigenvalue weighted by atomic mass is 9.85. The molecule has 0 aromatic carbocycles. The minimum Gasteiger partial charge on any atom is -0.300 e. The zero-order valence-electron chi connectivity index (χ0n) is 10.1. The van der Waals surface area contributed by atoms with Crippen molar-refractivity contribution in [3.63, 3.8) is 0 Å². The van der Waals surface area contributed by atoms with E-state index < -0.39 is 0 Å². The van der Waals surface area contributed by atoms with Gasteiger partial charge in [0.2, 0.25) is 0 Å². The van der Waals surface area contributed by atoms with Crippen molar-refractivity contribution in [1.82, 2.24) is 4.98 Å². The molecule has 1 saturated carbocycles. The van der Waals surface area contributed by atoms with Crippen LogP contribution in [0.2, 0.25) is 0 Å². The molecule has 0 radical (unpaired) electrons. The molecule has 0 N–H and O–H groups in total. The van der Waals surface area contributed by atoms with E-state index in [1.54, 1.807) is 0 Å². The molecule has 1 aliphatic carbocycles. The maximum atomic E-state index is 11.4. The van der Waals surface area contributed by atoms with Crippen LogP contribution in [-0.4, -0.2) is 10.8 Å². The highest BCUT2D eigenvalue weighted by molar-refractivity contribution is 5.79. The fourth-order valence-electron chi connectivity index (χ4n) is 2.61. The molecule has 1 fully saturated rings. The molecular weight excluding hydrogens is 198 g/mol. The first-order chi connectivity index (χ1) is 7.63. The summed E-state index contributed by atoms with van der Waals surface area (Å²) in [6, 6.07) is 4.24. The van der Waals surface area contributed by atoms with Crippen LogP contribution in [0.1, 0.15) is 42.6 Å². The first-order valence-electron chi connectivity index (χ1n) is 6.09. The van der Waals surface area contributed by atoms with Gasteiger partial charge in [-0.1, -0.05) is 0 Å². The van der Waals surface area contributed by atoms with E-state index in [0.717, 1.165) is 37.1 Å². The van der Waals surface area contributed by atoms with Crippen molar-refractivity contribution in [2.24, 2.45) is 5.92 Å². The summed E-state index contributed by atoms with van der Waals surface area (Å²) in [5.74, 6) is 0.954. The number of hydrogen-bond donors (Lipinski definition) is 0. The highest BCUT2D eigenvalue weighted by Gasteiger charge is 2.20. The van der Waals surface area contributed by atoms with Crippen molar-refractivity contribution in [3.8, 4) is 0 Å². The Bertz CT molecular complexity index is 377. The molecule has 86 valence electrons.